The molecule has 0 bridgehead atoms. The van der Waals surface area contributed by atoms with E-state index in [2.05, 4.69) is 0 Å². The van der Waals surface area contributed by atoms with Crippen molar-refractivity contribution in [1.29, 1.82) is 0 Å². The molecular weight excluding hydrogens is 265 g/mol. The van der Waals surface area contributed by atoms with Crippen molar-refractivity contribution in [2.45, 2.75) is 45.3 Å². The summed E-state index contributed by atoms with van der Waals surface area (Å²) in [5.41, 5.74) is -0.460. The van der Waals surface area contributed by atoms with Gasteiger partial charge in [-0.1, -0.05) is 0 Å². The standard InChI is InChI=1S/C14H26FNO4/c1-14(2,3)20-13(17)16-7-4-12(5-8-16)19-11-10-18-9-6-15/h12H,4-11H2,1-3H3. The Morgan fingerprint density at radius 3 is 2.40 bits per heavy atom. The second kappa shape index (κ2) is 8.42. The fourth-order valence-corrected chi connectivity index (χ4v) is 1.96. The van der Waals surface area contributed by atoms with Crippen LogP contribution in [-0.2, 0) is 14.2 Å². The van der Waals surface area contributed by atoms with Crippen LogP contribution in [0.1, 0.15) is 33.6 Å². The van der Waals surface area contributed by atoms with Crippen LogP contribution in [0.25, 0.3) is 0 Å². The van der Waals surface area contributed by atoms with Gasteiger partial charge in [-0.2, -0.15) is 0 Å². The molecule has 0 aromatic carbocycles. The number of nitrogens with zero attached hydrogens (tertiary/aromatic N) is 1. The molecule has 0 radical (unpaired) electrons. The topological polar surface area (TPSA) is 48.0 Å². The van der Waals surface area contributed by atoms with Crippen LogP contribution in [-0.4, -0.2) is 62.3 Å². The highest BCUT2D eigenvalue weighted by Crippen LogP contribution is 2.17. The van der Waals surface area contributed by atoms with E-state index < -0.39 is 12.3 Å². The van der Waals surface area contributed by atoms with E-state index in [9.17, 15) is 9.18 Å². The number of alkyl halides is 1. The molecule has 0 aliphatic carbocycles. The zero-order valence-corrected chi connectivity index (χ0v) is 12.7. The van der Waals surface area contributed by atoms with Crippen molar-refractivity contribution in [2.24, 2.45) is 0 Å². The molecule has 1 amide bonds. The minimum Gasteiger partial charge on any atom is -0.444 e. The predicted octanol–water partition coefficient (Wildman–Crippen LogP) is 2.39. The number of hydrogen-bond donors (Lipinski definition) is 0. The van der Waals surface area contributed by atoms with Crippen molar-refractivity contribution >= 4 is 6.09 Å². The highest BCUT2D eigenvalue weighted by molar-refractivity contribution is 5.68. The number of ether oxygens (including phenoxy) is 3. The average molecular weight is 291 g/mol. The van der Waals surface area contributed by atoms with Crippen molar-refractivity contribution in [3.05, 3.63) is 0 Å². The Kier molecular flexibility index (Phi) is 7.23. The highest BCUT2D eigenvalue weighted by atomic mass is 19.1. The van der Waals surface area contributed by atoms with Gasteiger partial charge in [-0.25, -0.2) is 9.18 Å². The smallest absolute Gasteiger partial charge is 0.410 e. The maximum absolute atomic E-state index is 11.9. The van der Waals surface area contributed by atoms with Crippen LogP contribution in [0, 0.1) is 0 Å². The predicted molar refractivity (Wildman–Crippen MR) is 73.6 cm³/mol. The van der Waals surface area contributed by atoms with E-state index in [1.165, 1.54) is 0 Å². The van der Waals surface area contributed by atoms with E-state index in [-0.39, 0.29) is 18.8 Å². The first kappa shape index (κ1) is 17.2. The lowest BCUT2D eigenvalue weighted by Gasteiger charge is -2.33. The number of likely N-dealkylation sites (tertiary alicyclic amines) is 1. The lowest BCUT2D eigenvalue weighted by atomic mass is 10.1. The highest BCUT2D eigenvalue weighted by Gasteiger charge is 2.26. The van der Waals surface area contributed by atoms with Crippen molar-refractivity contribution in [1.82, 2.24) is 4.90 Å². The summed E-state index contributed by atoms with van der Waals surface area (Å²) in [5, 5.41) is 0. The summed E-state index contributed by atoms with van der Waals surface area (Å²) in [7, 11) is 0. The zero-order chi connectivity index (χ0) is 15.0. The van der Waals surface area contributed by atoms with Gasteiger partial charge < -0.3 is 19.1 Å². The normalized spacial score (nSPS) is 17.3. The summed E-state index contributed by atoms with van der Waals surface area (Å²) in [6.45, 7) is 7.41. The van der Waals surface area contributed by atoms with Gasteiger partial charge in [-0.15, -0.1) is 0 Å². The molecule has 1 heterocycles. The molecule has 0 saturated carbocycles. The Labute approximate surface area is 120 Å². The van der Waals surface area contributed by atoms with Crippen LogP contribution in [0.2, 0.25) is 0 Å². The Hall–Kier alpha value is -0.880. The van der Waals surface area contributed by atoms with Crippen molar-refractivity contribution < 1.29 is 23.4 Å². The molecule has 1 aliphatic rings. The van der Waals surface area contributed by atoms with Gasteiger partial charge in [0.15, 0.2) is 0 Å². The molecule has 0 N–H and O–H groups in total. The number of carbonyl (C=O) groups excluding carboxylic acids is 1. The zero-order valence-electron chi connectivity index (χ0n) is 12.7. The number of piperidine rings is 1. The first-order chi connectivity index (χ1) is 9.42. The van der Waals surface area contributed by atoms with Crippen LogP contribution in [0.4, 0.5) is 9.18 Å². The third-order valence-electron chi connectivity index (χ3n) is 2.90. The largest absolute Gasteiger partial charge is 0.444 e. The molecule has 0 aromatic heterocycles. The molecule has 1 aliphatic heterocycles. The monoisotopic (exact) mass is 291 g/mol. The van der Waals surface area contributed by atoms with Gasteiger partial charge in [-0.3, -0.25) is 0 Å². The van der Waals surface area contributed by atoms with Crippen LogP contribution >= 0.6 is 0 Å². The molecule has 118 valence electrons. The second-order valence-corrected chi connectivity index (χ2v) is 5.84. The number of hydrogen-bond acceptors (Lipinski definition) is 4. The van der Waals surface area contributed by atoms with Crippen LogP contribution < -0.4 is 0 Å². The summed E-state index contributed by atoms with van der Waals surface area (Å²) in [6.07, 6.45) is 1.47. The lowest BCUT2D eigenvalue weighted by molar-refractivity contribution is -0.0302. The Morgan fingerprint density at radius 2 is 1.85 bits per heavy atom. The minimum atomic E-state index is -0.464. The van der Waals surface area contributed by atoms with E-state index in [4.69, 9.17) is 14.2 Å². The van der Waals surface area contributed by atoms with Gasteiger partial charge in [0, 0.05) is 13.1 Å². The summed E-state index contributed by atoms with van der Waals surface area (Å²) >= 11 is 0. The second-order valence-electron chi connectivity index (χ2n) is 5.84. The maximum Gasteiger partial charge on any atom is 0.410 e. The SMILES string of the molecule is CC(C)(C)OC(=O)N1CCC(OCCOCCF)CC1. The van der Waals surface area contributed by atoms with Gasteiger partial charge in [-0.05, 0) is 33.6 Å². The fraction of sp³-hybridized carbons (Fsp3) is 0.929. The van der Waals surface area contributed by atoms with E-state index in [0.29, 0.717) is 26.3 Å². The number of amides is 1. The number of halogens is 1. The van der Waals surface area contributed by atoms with E-state index in [1.807, 2.05) is 20.8 Å². The molecule has 1 fully saturated rings. The van der Waals surface area contributed by atoms with E-state index in [0.717, 1.165) is 12.8 Å². The van der Waals surface area contributed by atoms with Crippen molar-refractivity contribution in [3.63, 3.8) is 0 Å². The number of rotatable bonds is 6. The van der Waals surface area contributed by atoms with Crippen molar-refractivity contribution in [2.75, 3.05) is 39.6 Å². The van der Waals surface area contributed by atoms with Gasteiger partial charge in [0.05, 0.1) is 25.9 Å². The summed E-state index contributed by atoms with van der Waals surface area (Å²) in [4.78, 5) is 13.6. The minimum absolute atomic E-state index is 0.125. The third kappa shape index (κ3) is 7.05. The summed E-state index contributed by atoms with van der Waals surface area (Å²) in [6, 6.07) is 0. The molecule has 1 saturated heterocycles. The summed E-state index contributed by atoms with van der Waals surface area (Å²) < 4.78 is 27.8. The molecule has 0 atom stereocenters. The van der Waals surface area contributed by atoms with E-state index in [1.54, 1.807) is 4.90 Å². The van der Waals surface area contributed by atoms with Gasteiger partial charge >= 0.3 is 6.09 Å². The van der Waals surface area contributed by atoms with Gasteiger partial charge in [0.1, 0.15) is 12.3 Å². The first-order valence-electron chi connectivity index (χ1n) is 7.15. The summed E-state index contributed by atoms with van der Waals surface area (Å²) in [5.74, 6) is 0. The van der Waals surface area contributed by atoms with E-state index >= 15 is 0 Å². The molecule has 20 heavy (non-hydrogen) atoms. The van der Waals surface area contributed by atoms with Gasteiger partial charge in [0.25, 0.3) is 0 Å². The third-order valence-corrected chi connectivity index (χ3v) is 2.90. The lowest BCUT2D eigenvalue weighted by Crippen LogP contribution is -2.43. The Morgan fingerprint density at radius 1 is 1.20 bits per heavy atom. The molecule has 5 nitrogen and oxygen atoms in total. The fourth-order valence-electron chi connectivity index (χ4n) is 1.96. The van der Waals surface area contributed by atoms with Crippen molar-refractivity contribution in [3.8, 4) is 0 Å². The molecule has 0 aromatic rings. The van der Waals surface area contributed by atoms with Crippen LogP contribution in [0.5, 0.6) is 0 Å². The average Bonchev–Trinajstić information content (AvgIpc) is 2.37. The quantitative estimate of drug-likeness (QED) is 0.705. The molecular formula is C14H26FNO4. The molecule has 1 rings (SSSR count). The molecule has 0 unspecified atom stereocenters. The van der Waals surface area contributed by atoms with Crippen LogP contribution in [0.15, 0.2) is 0 Å². The Balaban J connectivity index is 2.15. The molecule has 6 heteroatoms. The first-order valence-corrected chi connectivity index (χ1v) is 7.15. The van der Waals surface area contributed by atoms with Crippen LogP contribution in [0.3, 0.4) is 0 Å². The maximum atomic E-state index is 11.9. The molecule has 0 spiro atoms. The number of carbonyl (C=O) groups is 1. The van der Waals surface area contributed by atoms with Gasteiger partial charge in [0.2, 0.25) is 0 Å². The Bertz CT molecular complexity index is 285.